The van der Waals surface area contributed by atoms with Crippen molar-refractivity contribution in [2.75, 3.05) is 6.54 Å². The van der Waals surface area contributed by atoms with E-state index in [2.05, 4.69) is 113 Å². The summed E-state index contributed by atoms with van der Waals surface area (Å²) in [6.07, 6.45) is 5.70. The Kier molecular flexibility index (Phi) is 7.70. The predicted octanol–water partition coefficient (Wildman–Crippen LogP) is 6.74. The molecule has 1 amide bonds. The monoisotopic (exact) mass is 536 g/mol. The molecule has 0 bridgehead atoms. The molecule has 6 rings (SSSR count). The number of fused-ring (bicyclic) bond motifs is 1. The first-order valence-corrected chi connectivity index (χ1v) is 14.0. The van der Waals surface area contributed by atoms with Crippen molar-refractivity contribution in [1.82, 2.24) is 20.4 Å². The molecule has 0 radical (unpaired) electrons. The second-order valence-corrected chi connectivity index (χ2v) is 10.1. The van der Waals surface area contributed by atoms with Crippen LogP contribution in [0.15, 0.2) is 146 Å². The van der Waals surface area contributed by atoms with Crippen LogP contribution in [0, 0.1) is 0 Å². The van der Waals surface area contributed by atoms with Gasteiger partial charge in [-0.15, -0.1) is 0 Å². The molecule has 202 valence electrons. The third-order valence-electron chi connectivity index (χ3n) is 7.55. The van der Waals surface area contributed by atoms with Gasteiger partial charge in [0.15, 0.2) is 0 Å². The van der Waals surface area contributed by atoms with Crippen LogP contribution in [0.1, 0.15) is 39.2 Å². The SMILES string of the molecule is O=C(NNCCCc1cn(C(c2ccccc2)(c2ccccc2)c2ccccc2)cn1)c1ccc2ccccc2c1. The summed E-state index contributed by atoms with van der Waals surface area (Å²) in [6, 6.07) is 45.6. The Morgan fingerprint density at radius 1 is 0.683 bits per heavy atom. The number of carbonyl (C=O) groups excluding carboxylic acids is 1. The highest BCUT2D eigenvalue weighted by Gasteiger charge is 2.38. The number of amides is 1. The van der Waals surface area contributed by atoms with Crippen LogP contribution in [0.25, 0.3) is 10.8 Å². The first kappa shape index (κ1) is 26.2. The zero-order valence-electron chi connectivity index (χ0n) is 22.8. The van der Waals surface area contributed by atoms with Crippen LogP contribution in [0.2, 0.25) is 0 Å². The lowest BCUT2D eigenvalue weighted by Gasteiger charge is -2.37. The molecule has 41 heavy (non-hydrogen) atoms. The molecule has 0 aliphatic rings. The molecule has 0 unspecified atom stereocenters. The summed E-state index contributed by atoms with van der Waals surface area (Å²) >= 11 is 0. The largest absolute Gasteiger partial charge is 0.319 e. The Morgan fingerprint density at radius 2 is 1.24 bits per heavy atom. The van der Waals surface area contributed by atoms with Gasteiger partial charge in [0.25, 0.3) is 5.91 Å². The minimum absolute atomic E-state index is 0.140. The summed E-state index contributed by atoms with van der Waals surface area (Å²) in [7, 11) is 0. The van der Waals surface area contributed by atoms with Crippen molar-refractivity contribution in [3.05, 3.63) is 174 Å². The van der Waals surface area contributed by atoms with Gasteiger partial charge in [0, 0.05) is 18.3 Å². The van der Waals surface area contributed by atoms with Gasteiger partial charge in [-0.25, -0.2) is 10.4 Å². The van der Waals surface area contributed by atoms with Crippen LogP contribution in [-0.4, -0.2) is 22.0 Å². The lowest BCUT2D eigenvalue weighted by Crippen LogP contribution is -2.38. The van der Waals surface area contributed by atoms with Crippen LogP contribution >= 0.6 is 0 Å². The normalized spacial score (nSPS) is 11.4. The second-order valence-electron chi connectivity index (χ2n) is 10.1. The molecule has 5 aromatic carbocycles. The van der Waals surface area contributed by atoms with E-state index in [1.54, 1.807) is 0 Å². The van der Waals surface area contributed by atoms with Crippen molar-refractivity contribution < 1.29 is 4.79 Å². The zero-order valence-corrected chi connectivity index (χ0v) is 22.8. The van der Waals surface area contributed by atoms with Gasteiger partial charge in [-0.05, 0) is 52.4 Å². The van der Waals surface area contributed by atoms with Crippen LogP contribution in [0.3, 0.4) is 0 Å². The van der Waals surface area contributed by atoms with E-state index >= 15 is 0 Å². The number of carbonyl (C=O) groups is 1. The van der Waals surface area contributed by atoms with E-state index < -0.39 is 5.54 Å². The quantitative estimate of drug-likeness (QED) is 0.116. The Hall–Kier alpha value is -5.00. The smallest absolute Gasteiger partial charge is 0.265 e. The second kappa shape index (κ2) is 12.0. The fraction of sp³-hybridized carbons (Fsp3) is 0.111. The van der Waals surface area contributed by atoms with Crippen molar-refractivity contribution in [3.8, 4) is 0 Å². The summed E-state index contributed by atoms with van der Waals surface area (Å²) in [4.78, 5) is 17.5. The van der Waals surface area contributed by atoms with Gasteiger partial charge in [-0.2, -0.15) is 0 Å². The van der Waals surface area contributed by atoms with Gasteiger partial charge >= 0.3 is 0 Å². The number of hydrogen-bond acceptors (Lipinski definition) is 3. The van der Waals surface area contributed by atoms with Crippen LogP contribution in [0.4, 0.5) is 0 Å². The van der Waals surface area contributed by atoms with Gasteiger partial charge in [-0.1, -0.05) is 121 Å². The summed E-state index contributed by atoms with van der Waals surface area (Å²) in [6.45, 7) is 0.632. The van der Waals surface area contributed by atoms with Crippen LogP contribution in [0.5, 0.6) is 0 Å². The van der Waals surface area contributed by atoms with Gasteiger partial charge in [-0.3, -0.25) is 10.2 Å². The minimum Gasteiger partial charge on any atom is -0.319 e. The maximum Gasteiger partial charge on any atom is 0.265 e. The number of imidazole rings is 1. The number of nitrogens with one attached hydrogen (secondary N) is 2. The molecule has 1 aromatic heterocycles. The average Bonchev–Trinajstić information content (AvgIpc) is 3.51. The number of hydrazine groups is 1. The molecule has 1 heterocycles. The highest BCUT2D eigenvalue weighted by molar-refractivity contribution is 5.98. The van der Waals surface area contributed by atoms with E-state index in [-0.39, 0.29) is 5.91 Å². The van der Waals surface area contributed by atoms with Crippen molar-refractivity contribution in [3.63, 3.8) is 0 Å². The molecule has 0 fully saturated rings. The van der Waals surface area contributed by atoms with E-state index in [4.69, 9.17) is 4.98 Å². The molecule has 2 N–H and O–H groups in total. The fourth-order valence-corrected chi connectivity index (χ4v) is 5.56. The van der Waals surface area contributed by atoms with Crippen molar-refractivity contribution in [1.29, 1.82) is 0 Å². The summed E-state index contributed by atoms with van der Waals surface area (Å²) < 4.78 is 2.23. The Morgan fingerprint density at radius 3 is 1.85 bits per heavy atom. The fourth-order valence-electron chi connectivity index (χ4n) is 5.56. The summed E-state index contributed by atoms with van der Waals surface area (Å²) in [5.74, 6) is -0.140. The number of hydrogen-bond donors (Lipinski definition) is 2. The number of benzene rings is 5. The van der Waals surface area contributed by atoms with Crippen LogP contribution in [-0.2, 0) is 12.0 Å². The lowest BCUT2D eigenvalue weighted by molar-refractivity contribution is 0.0933. The van der Waals surface area contributed by atoms with Gasteiger partial charge in [0.05, 0.1) is 12.0 Å². The molecule has 0 aliphatic heterocycles. The van der Waals surface area contributed by atoms with Gasteiger partial charge in [0.1, 0.15) is 5.54 Å². The molecule has 0 saturated carbocycles. The Labute approximate surface area is 240 Å². The van der Waals surface area contributed by atoms with E-state index in [1.165, 1.54) is 16.7 Å². The third-order valence-corrected chi connectivity index (χ3v) is 7.55. The van der Waals surface area contributed by atoms with Crippen molar-refractivity contribution >= 4 is 16.7 Å². The minimum atomic E-state index is -0.568. The van der Waals surface area contributed by atoms with E-state index in [0.29, 0.717) is 12.1 Å². The molecular weight excluding hydrogens is 504 g/mol. The highest BCUT2D eigenvalue weighted by atomic mass is 16.2. The van der Waals surface area contributed by atoms with E-state index in [9.17, 15) is 4.79 Å². The summed E-state index contributed by atoms with van der Waals surface area (Å²) in [5, 5.41) is 2.17. The van der Waals surface area contributed by atoms with E-state index in [0.717, 1.165) is 29.3 Å². The number of nitrogens with zero attached hydrogens (tertiary/aromatic N) is 2. The highest BCUT2D eigenvalue weighted by Crippen LogP contribution is 2.40. The molecule has 5 heteroatoms. The number of aromatic nitrogens is 2. The first-order valence-electron chi connectivity index (χ1n) is 14.0. The molecule has 5 nitrogen and oxygen atoms in total. The Bertz CT molecular complexity index is 1630. The lowest BCUT2D eigenvalue weighted by atomic mass is 9.77. The maximum absolute atomic E-state index is 12.7. The molecule has 0 aliphatic carbocycles. The van der Waals surface area contributed by atoms with Crippen molar-refractivity contribution in [2.45, 2.75) is 18.4 Å². The van der Waals surface area contributed by atoms with Gasteiger partial charge in [0.2, 0.25) is 0 Å². The zero-order chi connectivity index (χ0) is 27.9. The predicted molar refractivity (Wildman–Crippen MR) is 165 cm³/mol. The summed E-state index contributed by atoms with van der Waals surface area (Å²) in [5.41, 5.74) is 10.5. The van der Waals surface area contributed by atoms with Crippen molar-refractivity contribution in [2.24, 2.45) is 0 Å². The molecule has 0 spiro atoms. The Balaban J connectivity index is 1.18. The molecular formula is C36H32N4O. The van der Waals surface area contributed by atoms with Crippen LogP contribution < -0.4 is 10.9 Å². The maximum atomic E-state index is 12.7. The molecule has 0 atom stereocenters. The molecule has 0 saturated heterocycles. The number of rotatable bonds is 10. The average molecular weight is 537 g/mol. The molecule has 6 aromatic rings. The first-order chi connectivity index (χ1) is 20.2. The third kappa shape index (κ3) is 5.40. The standard InChI is InChI=1S/C36H32N4O/c41-35(30-23-22-28-13-10-11-14-29(28)25-30)39-38-24-12-21-34-26-40(27-37-34)36(31-15-4-1-5-16-31,32-17-6-2-7-18-32)33-19-8-3-9-20-33/h1-11,13-20,22-23,25-27,38H,12,21,24H2,(H,39,41). The topological polar surface area (TPSA) is 59.0 Å². The number of aryl methyl sites for hydroxylation is 1. The van der Waals surface area contributed by atoms with Gasteiger partial charge < -0.3 is 4.57 Å². The van der Waals surface area contributed by atoms with E-state index in [1.807, 2.05) is 48.8 Å².